The maximum Gasteiger partial charge on any atom is 0.310 e. The Kier molecular flexibility index (Phi) is 4.26. The van der Waals surface area contributed by atoms with Gasteiger partial charge in [-0.05, 0) is 87.0 Å². The summed E-state index contributed by atoms with van der Waals surface area (Å²) >= 11 is 0. The highest BCUT2D eigenvalue weighted by Gasteiger charge is 2.51. The summed E-state index contributed by atoms with van der Waals surface area (Å²) in [6.07, 6.45) is 5.05. The first-order valence-electron chi connectivity index (χ1n) is 9.26. The van der Waals surface area contributed by atoms with Gasteiger partial charge in [-0.15, -0.1) is 0 Å². The lowest BCUT2D eigenvalue weighted by Gasteiger charge is -2.53. The Bertz CT molecular complexity index is 644. The Labute approximate surface area is 147 Å². The van der Waals surface area contributed by atoms with Crippen LogP contribution in [-0.4, -0.2) is 18.0 Å². The Balaban J connectivity index is 1.35. The Morgan fingerprint density at radius 1 is 1.04 bits per heavy atom. The van der Waals surface area contributed by atoms with E-state index in [0.29, 0.717) is 17.5 Å². The number of carbonyl (C=O) groups excluding carboxylic acids is 2. The van der Waals surface area contributed by atoms with Crippen LogP contribution in [0.5, 0.6) is 0 Å². The topological polar surface area (TPSA) is 55.4 Å². The zero-order valence-corrected chi connectivity index (χ0v) is 14.4. The summed E-state index contributed by atoms with van der Waals surface area (Å²) in [5.74, 6) is 1.48. The van der Waals surface area contributed by atoms with Crippen molar-refractivity contribution in [1.82, 2.24) is 0 Å². The molecule has 5 rings (SSSR count). The van der Waals surface area contributed by atoms with E-state index in [0.717, 1.165) is 37.5 Å². The molecule has 4 saturated carbocycles. The highest BCUT2D eigenvalue weighted by molar-refractivity contribution is 5.95. The van der Waals surface area contributed by atoms with E-state index in [1.807, 2.05) is 0 Å². The Morgan fingerprint density at radius 2 is 1.60 bits per heavy atom. The summed E-state index contributed by atoms with van der Waals surface area (Å²) in [5.41, 5.74) is 0.490. The van der Waals surface area contributed by atoms with Crippen LogP contribution in [0.4, 0.5) is 10.1 Å². The SMILES string of the molecule is C[C@@H](OC(=O)C1C2CC3CC(C2)CC1C3)C(=O)Nc1ccc(F)cc1. The van der Waals surface area contributed by atoms with Gasteiger partial charge in [0.1, 0.15) is 5.82 Å². The summed E-state index contributed by atoms with van der Waals surface area (Å²) in [6.45, 7) is 1.59. The Morgan fingerprint density at radius 3 is 2.16 bits per heavy atom. The molecule has 5 heteroatoms. The van der Waals surface area contributed by atoms with Gasteiger partial charge in [-0.1, -0.05) is 0 Å². The quantitative estimate of drug-likeness (QED) is 0.845. The lowest BCUT2D eigenvalue weighted by Crippen LogP contribution is -2.49. The maximum atomic E-state index is 12.9. The van der Waals surface area contributed by atoms with Gasteiger partial charge in [-0.25, -0.2) is 4.39 Å². The molecule has 25 heavy (non-hydrogen) atoms. The summed E-state index contributed by atoms with van der Waals surface area (Å²) < 4.78 is 18.4. The second kappa shape index (κ2) is 6.43. The molecule has 0 spiro atoms. The number of carbonyl (C=O) groups is 2. The number of hydrogen-bond acceptors (Lipinski definition) is 3. The van der Waals surface area contributed by atoms with Gasteiger partial charge in [0, 0.05) is 5.69 Å². The molecule has 0 saturated heterocycles. The largest absolute Gasteiger partial charge is 0.452 e. The van der Waals surface area contributed by atoms with E-state index in [9.17, 15) is 14.0 Å². The molecular weight excluding hydrogens is 321 g/mol. The first kappa shape index (κ1) is 16.6. The number of rotatable bonds is 4. The highest BCUT2D eigenvalue weighted by atomic mass is 19.1. The van der Waals surface area contributed by atoms with E-state index in [4.69, 9.17) is 4.74 Å². The molecule has 0 aromatic heterocycles. The van der Waals surface area contributed by atoms with E-state index in [1.54, 1.807) is 6.92 Å². The van der Waals surface area contributed by atoms with E-state index >= 15 is 0 Å². The number of amides is 1. The molecule has 0 heterocycles. The Hall–Kier alpha value is -1.91. The van der Waals surface area contributed by atoms with Gasteiger partial charge in [0.15, 0.2) is 6.10 Å². The number of esters is 1. The van der Waals surface area contributed by atoms with Crippen LogP contribution >= 0.6 is 0 Å². The predicted molar refractivity (Wildman–Crippen MR) is 91.1 cm³/mol. The fraction of sp³-hybridized carbons (Fsp3) is 0.600. The summed E-state index contributed by atoms with van der Waals surface area (Å²) in [5, 5.41) is 2.66. The first-order chi connectivity index (χ1) is 12.0. The van der Waals surface area contributed by atoms with E-state index in [1.165, 1.54) is 30.7 Å². The minimum Gasteiger partial charge on any atom is -0.452 e. The molecule has 1 aromatic carbocycles. The number of ether oxygens (including phenoxy) is 1. The smallest absolute Gasteiger partial charge is 0.310 e. The molecule has 0 unspecified atom stereocenters. The van der Waals surface area contributed by atoms with Crippen molar-refractivity contribution in [1.29, 1.82) is 0 Å². The zero-order chi connectivity index (χ0) is 17.6. The molecule has 4 fully saturated rings. The van der Waals surface area contributed by atoms with Crippen LogP contribution < -0.4 is 5.32 Å². The average Bonchev–Trinajstić information content (AvgIpc) is 2.55. The summed E-state index contributed by atoms with van der Waals surface area (Å²) in [7, 11) is 0. The standard InChI is InChI=1S/C20H24FNO3/c1-11(19(23)22-17-4-2-16(21)3-5-17)25-20(24)18-14-7-12-6-13(9-14)10-15(18)8-12/h2-5,11-15,18H,6-10H2,1H3,(H,22,23)/t11-,12?,13?,14?,15?,18?/m1/s1. The molecule has 4 aliphatic rings. The molecule has 1 aromatic rings. The summed E-state index contributed by atoms with van der Waals surface area (Å²) in [6, 6.07) is 5.53. The number of anilines is 1. The molecule has 0 aliphatic heterocycles. The zero-order valence-electron chi connectivity index (χ0n) is 14.4. The van der Waals surface area contributed by atoms with Crippen molar-refractivity contribution in [3.05, 3.63) is 30.1 Å². The van der Waals surface area contributed by atoms with Crippen molar-refractivity contribution in [2.45, 2.75) is 45.1 Å². The first-order valence-corrected chi connectivity index (χ1v) is 9.26. The average molecular weight is 345 g/mol. The minimum atomic E-state index is -0.852. The van der Waals surface area contributed by atoms with E-state index < -0.39 is 6.10 Å². The third kappa shape index (κ3) is 3.29. The fourth-order valence-electron chi connectivity index (χ4n) is 5.39. The normalized spacial score (nSPS) is 33.8. The summed E-state index contributed by atoms with van der Waals surface area (Å²) in [4.78, 5) is 24.9. The van der Waals surface area contributed by atoms with Crippen molar-refractivity contribution in [3.63, 3.8) is 0 Å². The molecule has 1 atom stereocenters. The molecule has 134 valence electrons. The van der Waals surface area contributed by atoms with Gasteiger partial charge in [-0.2, -0.15) is 0 Å². The van der Waals surface area contributed by atoms with Crippen LogP contribution in [-0.2, 0) is 14.3 Å². The lowest BCUT2D eigenvalue weighted by atomic mass is 9.52. The van der Waals surface area contributed by atoms with Gasteiger partial charge in [0.2, 0.25) is 0 Å². The van der Waals surface area contributed by atoms with Crippen molar-refractivity contribution in [2.24, 2.45) is 29.6 Å². The molecule has 1 amide bonds. The van der Waals surface area contributed by atoms with Gasteiger partial charge in [0.05, 0.1) is 5.92 Å². The number of hydrogen-bond donors (Lipinski definition) is 1. The van der Waals surface area contributed by atoms with Crippen LogP contribution in [0.25, 0.3) is 0 Å². The number of nitrogens with one attached hydrogen (secondary N) is 1. The monoisotopic (exact) mass is 345 g/mol. The van der Waals surface area contributed by atoms with Crippen LogP contribution in [0.2, 0.25) is 0 Å². The van der Waals surface area contributed by atoms with Gasteiger partial charge < -0.3 is 10.1 Å². The van der Waals surface area contributed by atoms with Crippen molar-refractivity contribution >= 4 is 17.6 Å². The van der Waals surface area contributed by atoms with Crippen LogP contribution in [0, 0.1) is 35.4 Å². The van der Waals surface area contributed by atoms with Gasteiger partial charge in [0.25, 0.3) is 5.91 Å². The lowest BCUT2D eigenvalue weighted by molar-refractivity contribution is -0.169. The maximum absolute atomic E-state index is 12.9. The molecule has 4 nitrogen and oxygen atoms in total. The van der Waals surface area contributed by atoms with Crippen LogP contribution in [0.3, 0.4) is 0 Å². The minimum absolute atomic E-state index is 0.0335. The highest BCUT2D eigenvalue weighted by Crippen LogP contribution is 2.56. The number of benzene rings is 1. The molecular formula is C20H24FNO3. The number of halogens is 1. The van der Waals surface area contributed by atoms with Gasteiger partial charge in [-0.3, -0.25) is 9.59 Å². The molecule has 4 aliphatic carbocycles. The third-order valence-electron chi connectivity index (χ3n) is 6.27. The molecule has 4 bridgehead atoms. The van der Waals surface area contributed by atoms with Crippen molar-refractivity contribution in [2.75, 3.05) is 5.32 Å². The molecule has 1 N–H and O–H groups in total. The van der Waals surface area contributed by atoms with Crippen LogP contribution in [0.1, 0.15) is 39.0 Å². The van der Waals surface area contributed by atoms with Crippen LogP contribution in [0.15, 0.2) is 24.3 Å². The van der Waals surface area contributed by atoms with Gasteiger partial charge >= 0.3 is 5.97 Å². The third-order valence-corrected chi connectivity index (χ3v) is 6.27. The van der Waals surface area contributed by atoms with E-state index in [2.05, 4.69) is 5.32 Å². The van der Waals surface area contributed by atoms with Crippen molar-refractivity contribution in [3.8, 4) is 0 Å². The fourth-order valence-corrected chi connectivity index (χ4v) is 5.39. The van der Waals surface area contributed by atoms with Crippen molar-refractivity contribution < 1.29 is 18.7 Å². The second-order valence-electron chi connectivity index (χ2n) is 8.03. The molecule has 0 radical (unpaired) electrons. The van der Waals surface area contributed by atoms with E-state index in [-0.39, 0.29) is 23.6 Å². The predicted octanol–water partition coefficient (Wildman–Crippen LogP) is 3.77. The second-order valence-corrected chi connectivity index (χ2v) is 8.03.